The fourth-order valence-corrected chi connectivity index (χ4v) is 7.34. The van der Waals surface area contributed by atoms with E-state index in [-0.39, 0.29) is 0 Å². The average molecular weight is 592 g/mol. The van der Waals surface area contributed by atoms with Gasteiger partial charge < -0.3 is 20.8 Å². The quantitative estimate of drug-likeness (QED) is 0.247. The molecule has 3 N–H and O–H groups in total. The average Bonchev–Trinajstić information content (AvgIpc) is 3.41. The van der Waals surface area contributed by atoms with Gasteiger partial charge >= 0.3 is 0 Å². The zero-order chi connectivity index (χ0) is 28.6. The second-order valence-electron chi connectivity index (χ2n) is 10.4. The molecule has 41 heavy (non-hydrogen) atoms. The minimum atomic E-state index is -3.15. The molecule has 2 saturated heterocycles. The van der Waals surface area contributed by atoms with Gasteiger partial charge in [0.2, 0.25) is 10.0 Å². The molecule has 4 heterocycles. The molecular formula is C29H33N7O3S2. The Morgan fingerprint density at radius 3 is 2.51 bits per heavy atom. The van der Waals surface area contributed by atoms with Gasteiger partial charge in [0.05, 0.1) is 29.7 Å². The number of rotatable bonds is 7. The molecule has 6 rings (SSSR count). The van der Waals surface area contributed by atoms with E-state index in [1.54, 1.807) is 21.7 Å². The SMILES string of the molecule is CS(=O)(=O)N1CCN(Cc2cccc(-c3cc4nc(-c5cccc(N)c5C=N)nc(N5CCOCC5)c4s3)c2)CC1. The van der Waals surface area contributed by atoms with Gasteiger partial charge in [0, 0.05) is 73.7 Å². The molecule has 2 aromatic carbocycles. The molecular weight excluding hydrogens is 558 g/mol. The number of benzene rings is 2. The van der Waals surface area contributed by atoms with Gasteiger partial charge in [0.15, 0.2) is 11.6 Å². The van der Waals surface area contributed by atoms with Crippen LogP contribution in [0.2, 0.25) is 0 Å². The predicted molar refractivity (Wildman–Crippen MR) is 165 cm³/mol. The van der Waals surface area contributed by atoms with Gasteiger partial charge in [-0.25, -0.2) is 18.4 Å². The summed E-state index contributed by atoms with van der Waals surface area (Å²) < 4.78 is 31.9. The summed E-state index contributed by atoms with van der Waals surface area (Å²) in [7, 11) is -3.15. The van der Waals surface area contributed by atoms with E-state index in [1.807, 2.05) is 12.1 Å². The van der Waals surface area contributed by atoms with E-state index in [1.165, 1.54) is 18.0 Å². The summed E-state index contributed by atoms with van der Waals surface area (Å²) in [5.41, 5.74) is 11.2. The monoisotopic (exact) mass is 591 g/mol. The molecule has 10 nitrogen and oxygen atoms in total. The van der Waals surface area contributed by atoms with Crippen LogP contribution in [0.15, 0.2) is 48.5 Å². The van der Waals surface area contributed by atoms with Crippen molar-refractivity contribution in [2.45, 2.75) is 6.54 Å². The van der Waals surface area contributed by atoms with Crippen LogP contribution in [0.5, 0.6) is 0 Å². The molecule has 0 spiro atoms. The smallest absolute Gasteiger partial charge is 0.211 e. The summed E-state index contributed by atoms with van der Waals surface area (Å²) in [6.45, 7) is 6.00. The normalized spacial score (nSPS) is 17.2. The number of ether oxygens (including phenoxy) is 1. The second kappa shape index (κ2) is 11.5. The van der Waals surface area contributed by atoms with Crippen LogP contribution in [-0.2, 0) is 21.3 Å². The van der Waals surface area contributed by atoms with Gasteiger partial charge in [-0.2, -0.15) is 4.31 Å². The highest BCUT2D eigenvalue weighted by atomic mass is 32.2. The lowest BCUT2D eigenvalue weighted by atomic mass is 10.1. The Labute approximate surface area is 243 Å². The van der Waals surface area contributed by atoms with E-state index in [9.17, 15) is 8.42 Å². The number of nitrogen functional groups attached to an aromatic ring is 1. The maximum absolute atomic E-state index is 11.9. The van der Waals surface area contributed by atoms with Crippen LogP contribution in [0.4, 0.5) is 11.5 Å². The minimum Gasteiger partial charge on any atom is -0.398 e. The molecule has 0 atom stereocenters. The maximum atomic E-state index is 11.9. The number of anilines is 2. The number of hydrogen-bond donors (Lipinski definition) is 2. The van der Waals surface area contributed by atoms with Gasteiger partial charge in [0.1, 0.15) is 0 Å². The first-order valence-electron chi connectivity index (χ1n) is 13.6. The first kappa shape index (κ1) is 27.7. The fraction of sp³-hybridized carbons (Fsp3) is 0.345. The van der Waals surface area contributed by atoms with Crippen molar-refractivity contribution in [2.75, 3.05) is 69.4 Å². The van der Waals surface area contributed by atoms with E-state index in [0.717, 1.165) is 51.7 Å². The number of morpholine rings is 1. The molecule has 0 bridgehead atoms. The number of fused-ring (bicyclic) bond motifs is 1. The van der Waals surface area contributed by atoms with Crippen molar-refractivity contribution in [2.24, 2.45) is 0 Å². The zero-order valence-electron chi connectivity index (χ0n) is 22.9. The Bertz CT molecular complexity index is 1690. The highest BCUT2D eigenvalue weighted by molar-refractivity contribution is 7.88. The van der Waals surface area contributed by atoms with Crippen LogP contribution >= 0.6 is 11.3 Å². The first-order valence-corrected chi connectivity index (χ1v) is 16.3. The van der Waals surface area contributed by atoms with E-state index >= 15 is 0 Å². The third-order valence-corrected chi connectivity index (χ3v) is 10.1. The molecule has 214 valence electrons. The summed E-state index contributed by atoms with van der Waals surface area (Å²) in [5.74, 6) is 1.43. The Balaban J connectivity index is 1.34. The molecule has 4 aromatic rings. The molecule has 2 aliphatic heterocycles. The van der Waals surface area contributed by atoms with Crippen LogP contribution in [0.1, 0.15) is 11.1 Å². The summed E-state index contributed by atoms with van der Waals surface area (Å²) in [6, 6.07) is 16.2. The molecule has 0 amide bonds. The van der Waals surface area contributed by atoms with Crippen LogP contribution < -0.4 is 10.6 Å². The Morgan fingerprint density at radius 2 is 1.78 bits per heavy atom. The molecule has 0 unspecified atom stereocenters. The lowest BCUT2D eigenvalue weighted by molar-refractivity contribution is 0.122. The second-order valence-corrected chi connectivity index (χ2v) is 13.4. The molecule has 2 fully saturated rings. The molecule has 0 radical (unpaired) electrons. The van der Waals surface area contributed by atoms with E-state index in [4.69, 9.17) is 25.8 Å². The molecule has 2 aromatic heterocycles. The number of sulfonamides is 1. The largest absolute Gasteiger partial charge is 0.398 e. The highest BCUT2D eigenvalue weighted by Crippen LogP contribution is 2.39. The van der Waals surface area contributed by atoms with Gasteiger partial charge in [-0.15, -0.1) is 11.3 Å². The van der Waals surface area contributed by atoms with Gasteiger partial charge in [0.25, 0.3) is 0 Å². The Morgan fingerprint density at radius 1 is 1.02 bits per heavy atom. The molecule has 0 saturated carbocycles. The number of nitrogens with zero attached hydrogens (tertiary/aromatic N) is 5. The van der Waals surface area contributed by atoms with Crippen molar-refractivity contribution in [1.29, 1.82) is 5.41 Å². The summed E-state index contributed by atoms with van der Waals surface area (Å²) in [4.78, 5) is 15.6. The Hall–Kier alpha value is -3.42. The van der Waals surface area contributed by atoms with Crippen molar-refractivity contribution in [3.63, 3.8) is 0 Å². The van der Waals surface area contributed by atoms with Crippen LogP contribution in [0.25, 0.3) is 32.0 Å². The van der Waals surface area contributed by atoms with Crippen molar-refractivity contribution >= 4 is 49.3 Å². The van der Waals surface area contributed by atoms with Crippen molar-refractivity contribution in [3.8, 4) is 21.8 Å². The van der Waals surface area contributed by atoms with Crippen LogP contribution in [0, 0.1) is 5.41 Å². The number of thiophene rings is 1. The number of nitrogens with one attached hydrogen (secondary N) is 1. The molecule has 12 heteroatoms. The third-order valence-electron chi connectivity index (χ3n) is 7.61. The van der Waals surface area contributed by atoms with Crippen LogP contribution in [-0.4, -0.2) is 92.5 Å². The lowest BCUT2D eigenvalue weighted by Crippen LogP contribution is -2.47. The summed E-state index contributed by atoms with van der Waals surface area (Å²) in [6.07, 6.45) is 2.54. The lowest BCUT2D eigenvalue weighted by Gasteiger charge is -2.33. The van der Waals surface area contributed by atoms with Gasteiger partial charge in [-0.1, -0.05) is 30.3 Å². The summed E-state index contributed by atoms with van der Waals surface area (Å²) >= 11 is 1.68. The number of nitrogens with two attached hydrogens (primary N) is 1. The maximum Gasteiger partial charge on any atom is 0.211 e. The first-order chi connectivity index (χ1) is 19.8. The highest BCUT2D eigenvalue weighted by Gasteiger charge is 2.24. The minimum absolute atomic E-state index is 0.521. The van der Waals surface area contributed by atoms with Gasteiger partial charge in [-0.05, 0) is 29.3 Å². The predicted octanol–water partition coefficient (Wildman–Crippen LogP) is 3.52. The van der Waals surface area contributed by atoms with Crippen molar-refractivity contribution in [3.05, 3.63) is 59.7 Å². The van der Waals surface area contributed by atoms with Gasteiger partial charge in [-0.3, -0.25) is 4.90 Å². The number of hydrogen-bond acceptors (Lipinski definition) is 10. The van der Waals surface area contributed by atoms with Crippen molar-refractivity contribution < 1.29 is 13.2 Å². The van der Waals surface area contributed by atoms with Crippen LogP contribution in [0.3, 0.4) is 0 Å². The molecule has 2 aliphatic rings. The standard InChI is InChI=1S/C29H33N7O3S2/c1-41(37,38)36-10-8-34(9-11-36)19-20-4-2-5-21(16-20)26-17-25-27(40-26)29(35-12-14-39-15-13-35)33-28(32-25)22-6-3-7-24(31)23(22)18-30/h2-7,16-18,30H,8-15,19,31H2,1H3. The zero-order valence-corrected chi connectivity index (χ0v) is 24.5. The van der Waals surface area contributed by atoms with E-state index in [2.05, 4.69) is 40.1 Å². The topological polar surface area (TPSA) is 129 Å². The van der Waals surface area contributed by atoms with E-state index < -0.39 is 10.0 Å². The number of aromatic nitrogens is 2. The fourth-order valence-electron chi connectivity index (χ4n) is 5.41. The summed E-state index contributed by atoms with van der Waals surface area (Å²) in [5, 5.41) is 7.94. The van der Waals surface area contributed by atoms with Crippen molar-refractivity contribution in [1.82, 2.24) is 19.2 Å². The Kier molecular flexibility index (Phi) is 7.75. The van der Waals surface area contributed by atoms with E-state index in [0.29, 0.717) is 56.5 Å². The number of piperazine rings is 1. The molecule has 0 aliphatic carbocycles. The third kappa shape index (κ3) is 5.84.